The minimum absolute atomic E-state index is 0.0556. The van der Waals surface area contributed by atoms with Gasteiger partial charge in [0, 0.05) is 11.1 Å². The lowest BCUT2D eigenvalue weighted by atomic mass is 10.1. The summed E-state index contributed by atoms with van der Waals surface area (Å²) in [5, 5.41) is 0. The maximum Gasteiger partial charge on any atom is 0.335 e. The van der Waals surface area contributed by atoms with E-state index in [0.29, 0.717) is 35.8 Å². The highest BCUT2D eigenvalue weighted by molar-refractivity contribution is 7.53. The summed E-state index contributed by atoms with van der Waals surface area (Å²) in [4.78, 5) is 0. The largest absolute Gasteiger partial charge is 0.493 e. The predicted molar refractivity (Wildman–Crippen MR) is 155 cm³/mol. The summed E-state index contributed by atoms with van der Waals surface area (Å²) < 4.78 is 61.6. The first-order valence-corrected chi connectivity index (χ1v) is 17.9. The fraction of sp³-hybridized carbons (Fsp3) is 0.786. The van der Waals surface area contributed by atoms with Gasteiger partial charge in [0.1, 0.15) is 11.5 Å². The molecule has 0 radical (unpaired) electrons. The molecule has 8 nitrogen and oxygen atoms in total. The summed E-state index contributed by atoms with van der Waals surface area (Å²) in [5.74, 6) is 1.13. The molecule has 0 heterocycles. The number of ether oxygens (including phenoxy) is 2. The van der Waals surface area contributed by atoms with E-state index in [2.05, 4.69) is 13.8 Å². The summed E-state index contributed by atoms with van der Waals surface area (Å²) in [7, 11) is -6.79. The molecule has 1 rings (SSSR count). The number of hydrogen-bond donors (Lipinski definition) is 0. The molecule has 10 heteroatoms. The lowest BCUT2D eigenvalue weighted by molar-refractivity contribution is 0.216. The summed E-state index contributed by atoms with van der Waals surface area (Å²) in [5.41, 5.74) is 1.36. The van der Waals surface area contributed by atoms with Gasteiger partial charge < -0.3 is 27.6 Å². The average Bonchev–Trinajstić information content (AvgIpc) is 2.86. The van der Waals surface area contributed by atoms with E-state index in [-0.39, 0.29) is 38.8 Å². The highest BCUT2D eigenvalue weighted by Gasteiger charge is 2.30. The zero-order valence-corrected chi connectivity index (χ0v) is 26.4. The molecule has 0 atom stereocenters. The molecule has 0 aromatic heterocycles. The lowest BCUT2D eigenvalue weighted by Crippen LogP contribution is -2.08. The van der Waals surface area contributed by atoms with Crippen LogP contribution < -0.4 is 9.47 Å². The van der Waals surface area contributed by atoms with E-state index >= 15 is 0 Å². The van der Waals surface area contributed by atoms with Crippen LogP contribution in [0.1, 0.15) is 104 Å². The van der Waals surface area contributed by atoms with Gasteiger partial charge in [-0.1, -0.05) is 52.4 Å². The molecule has 0 amide bonds. The van der Waals surface area contributed by atoms with Crippen LogP contribution in [-0.4, -0.2) is 39.6 Å². The first-order valence-electron chi connectivity index (χ1n) is 14.5. The van der Waals surface area contributed by atoms with Crippen LogP contribution in [0.25, 0.3) is 0 Å². The number of hydrogen-bond acceptors (Lipinski definition) is 8. The first kappa shape index (κ1) is 35.1. The molecular weight excluding hydrogens is 526 g/mol. The fourth-order valence-corrected chi connectivity index (χ4v) is 7.46. The van der Waals surface area contributed by atoms with Crippen LogP contribution in [0.15, 0.2) is 12.1 Å². The predicted octanol–water partition coefficient (Wildman–Crippen LogP) is 9.14. The van der Waals surface area contributed by atoms with Crippen LogP contribution in [0.4, 0.5) is 0 Å². The standard InChI is InChI=1S/C28H52O8P2/c1-7-13-15-17-19-31-27-21-26(24-38(30,35-11-5)36-12-6)28(32-20-18-16-14-8-2)22-25(27)23-37(29,33-9-3)34-10-4/h21-22H,7-20,23-24H2,1-6H3. The third-order valence-electron chi connectivity index (χ3n) is 5.79. The Morgan fingerprint density at radius 2 is 0.868 bits per heavy atom. The molecule has 0 aliphatic heterocycles. The van der Waals surface area contributed by atoms with Gasteiger partial charge in [-0.25, -0.2) is 0 Å². The van der Waals surface area contributed by atoms with Gasteiger partial charge in [0.05, 0.1) is 52.0 Å². The van der Waals surface area contributed by atoms with E-state index in [1.807, 2.05) is 12.1 Å². The normalized spacial score (nSPS) is 12.2. The smallest absolute Gasteiger partial charge is 0.335 e. The number of rotatable bonds is 24. The van der Waals surface area contributed by atoms with Crippen LogP contribution in [0.2, 0.25) is 0 Å². The van der Waals surface area contributed by atoms with E-state index in [0.717, 1.165) is 51.4 Å². The molecule has 1 aromatic carbocycles. The molecule has 0 N–H and O–H groups in total. The lowest BCUT2D eigenvalue weighted by Gasteiger charge is -2.23. The van der Waals surface area contributed by atoms with Gasteiger partial charge in [-0.3, -0.25) is 9.13 Å². The summed E-state index contributed by atoms with van der Waals surface area (Å²) in [6, 6.07) is 3.67. The Bertz CT molecular complexity index is 772. The Balaban J connectivity index is 3.45. The van der Waals surface area contributed by atoms with Crippen molar-refractivity contribution in [1.82, 2.24) is 0 Å². The van der Waals surface area contributed by atoms with Crippen LogP contribution >= 0.6 is 15.2 Å². The Labute approximate surface area is 231 Å². The van der Waals surface area contributed by atoms with Gasteiger partial charge in [0.25, 0.3) is 0 Å². The molecule has 1 aromatic rings. The van der Waals surface area contributed by atoms with Gasteiger partial charge in [-0.2, -0.15) is 0 Å². The second-order valence-corrected chi connectivity index (χ2v) is 13.2. The summed E-state index contributed by atoms with van der Waals surface area (Å²) >= 11 is 0. The van der Waals surface area contributed by atoms with E-state index < -0.39 is 15.2 Å². The third kappa shape index (κ3) is 13.5. The molecule has 0 unspecified atom stereocenters. The van der Waals surface area contributed by atoms with Crippen molar-refractivity contribution in [3.05, 3.63) is 23.3 Å². The van der Waals surface area contributed by atoms with E-state index in [9.17, 15) is 9.13 Å². The van der Waals surface area contributed by atoms with Crippen molar-refractivity contribution in [3.63, 3.8) is 0 Å². The molecule has 222 valence electrons. The number of benzene rings is 1. The zero-order chi connectivity index (χ0) is 28.3. The Hall–Kier alpha value is -0.880. The van der Waals surface area contributed by atoms with Gasteiger partial charge >= 0.3 is 15.2 Å². The molecule has 0 aliphatic rings. The maximum atomic E-state index is 13.5. The zero-order valence-electron chi connectivity index (χ0n) is 24.6. The van der Waals surface area contributed by atoms with Gasteiger partial charge in [0.2, 0.25) is 0 Å². The number of unbranched alkanes of at least 4 members (excludes halogenated alkanes) is 6. The Morgan fingerprint density at radius 3 is 1.16 bits per heavy atom. The van der Waals surface area contributed by atoms with E-state index in [1.165, 1.54) is 0 Å². The van der Waals surface area contributed by atoms with Crippen LogP contribution in [-0.2, 0) is 39.5 Å². The van der Waals surface area contributed by atoms with Crippen LogP contribution in [0.5, 0.6) is 11.5 Å². The van der Waals surface area contributed by atoms with Crippen LogP contribution in [0, 0.1) is 0 Å². The highest BCUT2D eigenvalue weighted by atomic mass is 31.2. The molecule has 0 aliphatic carbocycles. The fourth-order valence-electron chi connectivity index (χ4n) is 4.04. The van der Waals surface area contributed by atoms with Crippen molar-refractivity contribution >= 4 is 15.2 Å². The minimum atomic E-state index is -3.40. The summed E-state index contributed by atoms with van der Waals surface area (Å²) in [6.07, 6.45) is 8.61. The molecule has 0 fully saturated rings. The van der Waals surface area contributed by atoms with E-state index in [4.69, 9.17) is 27.6 Å². The van der Waals surface area contributed by atoms with Crippen molar-refractivity contribution in [2.75, 3.05) is 39.6 Å². The van der Waals surface area contributed by atoms with Gasteiger partial charge in [-0.05, 0) is 52.7 Å². The topological polar surface area (TPSA) is 89.5 Å². The van der Waals surface area contributed by atoms with E-state index in [1.54, 1.807) is 27.7 Å². The molecular formula is C28H52O8P2. The maximum absolute atomic E-state index is 13.5. The highest BCUT2D eigenvalue weighted by Crippen LogP contribution is 2.55. The third-order valence-corrected chi connectivity index (χ3v) is 9.85. The molecule has 0 saturated carbocycles. The summed E-state index contributed by atoms with van der Waals surface area (Å²) in [6.45, 7) is 13.6. The molecule has 38 heavy (non-hydrogen) atoms. The molecule has 0 spiro atoms. The molecule has 0 saturated heterocycles. The van der Waals surface area contributed by atoms with Crippen molar-refractivity contribution in [3.8, 4) is 11.5 Å². The average molecular weight is 579 g/mol. The second-order valence-electron chi connectivity index (χ2n) is 9.10. The van der Waals surface area contributed by atoms with Crippen LogP contribution in [0.3, 0.4) is 0 Å². The van der Waals surface area contributed by atoms with Crippen molar-refractivity contribution in [2.24, 2.45) is 0 Å². The SMILES string of the molecule is CCCCCCOc1cc(CP(=O)(OCC)OCC)c(OCCCCCC)cc1CP(=O)(OCC)OCC. The second kappa shape index (κ2) is 20.1. The van der Waals surface area contributed by atoms with Gasteiger partial charge in [-0.15, -0.1) is 0 Å². The van der Waals surface area contributed by atoms with Crippen molar-refractivity contribution in [1.29, 1.82) is 0 Å². The first-order chi connectivity index (χ1) is 18.3. The Morgan fingerprint density at radius 1 is 0.526 bits per heavy atom. The Kier molecular flexibility index (Phi) is 18.6. The van der Waals surface area contributed by atoms with Crippen molar-refractivity contribution < 1.29 is 36.7 Å². The monoisotopic (exact) mass is 578 g/mol. The quantitative estimate of drug-likeness (QED) is 0.0886. The van der Waals surface area contributed by atoms with Crippen molar-refractivity contribution in [2.45, 2.75) is 105 Å². The van der Waals surface area contributed by atoms with Gasteiger partial charge in [0.15, 0.2) is 0 Å². The molecule has 0 bridgehead atoms. The minimum Gasteiger partial charge on any atom is -0.493 e.